The molecule has 0 radical (unpaired) electrons. The first-order valence-corrected chi connectivity index (χ1v) is 16.3. The van der Waals surface area contributed by atoms with E-state index in [-0.39, 0.29) is 36.8 Å². The standard InChI is InChI=1S/C29H35N6O6P.C2H6/c1-17(28(36)40-21-10-7-11-21)34-42(41-24-13-6-9-19-8-4-5-12-23(19)24)39-16-22-14-20(15-38-22)35-18(2)31-25-26(35)32-29(30)33-27(25)37-3;1-2/h4-6,8-9,12-13,17,20-22,34H,7,10-11,14-16H2,1-3H3,(H2,30,32,33);1-2H3. The molecule has 4 unspecified atom stereocenters. The van der Waals surface area contributed by atoms with Crippen molar-refractivity contribution in [2.75, 3.05) is 26.1 Å². The number of carbonyl (C=O) groups excluding carboxylic acids is 1. The quantitative estimate of drug-likeness (QED) is 0.158. The first-order valence-electron chi connectivity index (χ1n) is 15.1. The molecule has 0 bridgehead atoms. The lowest BCUT2D eigenvalue weighted by molar-refractivity contribution is -0.154. The Morgan fingerprint density at radius 2 is 1.93 bits per heavy atom. The predicted octanol–water partition coefficient (Wildman–Crippen LogP) is 5.63. The van der Waals surface area contributed by atoms with Gasteiger partial charge >= 0.3 is 14.5 Å². The van der Waals surface area contributed by atoms with Crippen LogP contribution in [0.15, 0.2) is 42.5 Å². The number of aryl methyl sites for hydroxylation is 1. The number of nitrogens with two attached hydrogens (primary N) is 1. The normalized spacial score (nSPS) is 19.6. The average Bonchev–Trinajstić information content (AvgIpc) is 3.61. The van der Waals surface area contributed by atoms with Crippen LogP contribution >= 0.6 is 8.53 Å². The van der Waals surface area contributed by atoms with Gasteiger partial charge in [0.25, 0.3) is 0 Å². The zero-order valence-corrected chi connectivity index (χ0v) is 26.8. The second kappa shape index (κ2) is 14.5. The van der Waals surface area contributed by atoms with E-state index in [9.17, 15) is 4.79 Å². The minimum absolute atomic E-state index is 0.00000627. The third-order valence-corrected chi connectivity index (χ3v) is 8.96. The Labute approximate surface area is 258 Å². The number of aromatic nitrogens is 4. The summed E-state index contributed by atoms with van der Waals surface area (Å²) in [5.41, 5.74) is 7.10. The number of nitrogens with one attached hydrogen (secondary N) is 1. The van der Waals surface area contributed by atoms with Gasteiger partial charge in [-0.2, -0.15) is 9.97 Å². The first-order chi connectivity index (χ1) is 21.4. The SMILES string of the molecule is CC.COc1nc(N)nc2c1nc(C)n2C1COC(COP(NC(C)C(=O)OC2CCC2)Oc2cccc3ccccc23)C1. The number of nitrogens with zero attached hydrogens (tertiary/aromatic N) is 4. The van der Waals surface area contributed by atoms with E-state index in [0.29, 0.717) is 35.8 Å². The van der Waals surface area contributed by atoms with E-state index in [2.05, 4.69) is 20.0 Å². The van der Waals surface area contributed by atoms with Crippen molar-refractivity contribution in [3.63, 3.8) is 0 Å². The van der Waals surface area contributed by atoms with Crippen LogP contribution in [0.3, 0.4) is 0 Å². The minimum atomic E-state index is -1.72. The molecule has 1 saturated carbocycles. The third-order valence-electron chi connectivity index (χ3n) is 7.62. The molecule has 3 heterocycles. The van der Waals surface area contributed by atoms with Gasteiger partial charge in [0.1, 0.15) is 23.7 Å². The minimum Gasteiger partial charge on any atom is -0.479 e. The highest BCUT2D eigenvalue weighted by Crippen LogP contribution is 2.41. The first kappa shape index (κ1) is 31.8. The number of anilines is 1. The van der Waals surface area contributed by atoms with Gasteiger partial charge < -0.3 is 33.6 Å². The molecule has 2 aliphatic rings. The lowest BCUT2D eigenvalue weighted by atomic mass is 9.96. The van der Waals surface area contributed by atoms with Crippen LogP contribution in [-0.4, -0.2) is 64.1 Å². The summed E-state index contributed by atoms with van der Waals surface area (Å²) in [5.74, 6) is 1.58. The summed E-state index contributed by atoms with van der Waals surface area (Å²) >= 11 is 0. The molecule has 2 aromatic carbocycles. The molecule has 1 aliphatic heterocycles. The Balaban J connectivity index is 0.00000188. The van der Waals surface area contributed by atoms with Crippen LogP contribution in [0.5, 0.6) is 11.6 Å². The number of benzene rings is 2. The van der Waals surface area contributed by atoms with E-state index < -0.39 is 14.6 Å². The summed E-state index contributed by atoms with van der Waals surface area (Å²) in [7, 11) is -0.188. The maximum absolute atomic E-state index is 12.7. The fourth-order valence-corrected chi connectivity index (χ4v) is 6.45. The summed E-state index contributed by atoms with van der Waals surface area (Å²) in [6.45, 7) is 8.39. The van der Waals surface area contributed by atoms with Crippen molar-refractivity contribution in [2.45, 2.75) is 77.7 Å². The van der Waals surface area contributed by atoms with Gasteiger partial charge in [0, 0.05) is 5.39 Å². The van der Waals surface area contributed by atoms with Gasteiger partial charge in [-0.25, -0.2) is 10.1 Å². The molecule has 236 valence electrons. The average molecular weight is 625 g/mol. The van der Waals surface area contributed by atoms with Crippen molar-refractivity contribution in [1.29, 1.82) is 0 Å². The fraction of sp³-hybridized carbons (Fsp3) is 0.484. The van der Waals surface area contributed by atoms with E-state index in [1.165, 1.54) is 7.11 Å². The summed E-state index contributed by atoms with van der Waals surface area (Å²) in [4.78, 5) is 25.9. The van der Waals surface area contributed by atoms with Crippen LogP contribution in [0.25, 0.3) is 21.9 Å². The Hall–Kier alpha value is -3.57. The highest BCUT2D eigenvalue weighted by molar-refractivity contribution is 7.45. The molecule has 3 N–H and O–H groups in total. The van der Waals surface area contributed by atoms with Crippen LogP contribution in [0.2, 0.25) is 0 Å². The number of ether oxygens (including phenoxy) is 3. The molecule has 1 aliphatic carbocycles. The summed E-state index contributed by atoms with van der Waals surface area (Å²) in [6, 6.07) is 13.2. The topological polar surface area (TPSA) is 145 Å². The number of esters is 1. The van der Waals surface area contributed by atoms with Gasteiger partial charge in [-0.05, 0) is 51.0 Å². The van der Waals surface area contributed by atoms with Crippen LogP contribution < -0.4 is 20.1 Å². The Bertz CT molecular complexity index is 1580. The molecule has 12 nitrogen and oxygen atoms in total. The van der Waals surface area contributed by atoms with Crippen molar-refractivity contribution >= 4 is 42.4 Å². The zero-order valence-electron chi connectivity index (χ0n) is 25.9. The van der Waals surface area contributed by atoms with Gasteiger partial charge in [-0.15, -0.1) is 0 Å². The number of nitrogen functional groups attached to an aromatic ring is 1. The van der Waals surface area contributed by atoms with E-state index in [0.717, 1.165) is 35.9 Å². The number of rotatable bonds is 11. The lowest BCUT2D eigenvalue weighted by Gasteiger charge is -2.28. The summed E-state index contributed by atoms with van der Waals surface area (Å²) in [6.07, 6.45) is 3.36. The summed E-state index contributed by atoms with van der Waals surface area (Å²) in [5, 5.41) is 5.24. The predicted molar refractivity (Wildman–Crippen MR) is 170 cm³/mol. The molecule has 2 aromatic heterocycles. The van der Waals surface area contributed by atoms with Crippen molar-refractivity contribution in [1.82, 2.24) is 24.6 Å². The van der Waals surface area contributed by atoms with Gasteiger partial charge in [-0.1, -0.05) is 50.2 Å². The maximum Gasteiger partial charge on any atom is 0.323 e. The van der Waals surface area contributed by atoms with Crippen LogP contribution in [0, 0.1) is 6.92 Å². The maximum atomic E-state index is 12.7. The van der Waals surface area contributed by atoms with Gasteiger partial charge in [0.15, 0.2) is 11.2 Å². The zero-order chi connectivity index (χ0) is 31.2. The molecular weight excluding hydrogens is 583 g/mol. The van der Waals surface area contributed by atoms with Crippen molar-refractivity contribution in [3.05, 3.63) is 48.3 Å². The second-order valence-corrected chi connectivity index (χ2v) is 11.8. The molecular formula is C31H41N6O6P. The molecule has 4 aromatic rings. The summed E-state index contributed by atoms with van der Waals surface area (Å²) < 4.78 is 31.8. The fourth-order valence-electron chi connectivity index (χ4n) is 5.21. The number of methoxy groups -OCH3 is 1. The Morgan fingerprint density at radius 1 is 1.16 bits per heavy atom. The lowest BCUT2D eigenvalue weighted by Crippen LogP contribution is -2.37. The molecule has 4 atom stereocenters. The number of hydrogen-bond donors (Lipinski definition) is 2. The molecule has 13 heteroatoms. The second-order valence-electron chi connectivity index (χ2n) is 10.6. The van der Waals surface area contributed by atoms with Crippen molar-refractivity contribution in [2.24, 2.45) is 0 Å². The molecule has 0 amide bonds. The van der Waals surface area contributed by atoms with Crippen molar-refractivity contribution < 1.29 is 28.1 Å². The van der Waals surface area contributed by atoms with E-state index in [1.54, 1.807) is 6.92 Å². The smallest absolute Gasteiger partial charge is 0.323 e. The number of carbonyl (C=O) groups is 1. The molecule has 6 rings (SSSR count). The van der Waals surface area contributed by atoms with Gasteiger partial charge in [0.05, 0.1) is 32.5 Å². The largest absolute Gasteiger partial charge is 0.479 e. The Morgan fingerprint density at radius 3 is 2.68 bits per heavy atom. The van der Waals surface area contributed by atoms with Crippen LogP contribution in [0.1, 0.15) is 58.3 Å². The van der Waals surface area contributed by atoms with E-state index >= 15 is 0 Å². The number of hydrogen-bond acceptors (Lipinski definition) is 11. The highest BCUT2D eigenvalue weighted by atomic mass is 31.2. The molecule has 1 saturated heterocycles. The van der Waals surface area contributed by atoms with E-state index in [1.807, 2.05) is 67.8 Å². The van der Waals surface area contributed by atoms with Gasteiger partial charge in [0.2, 0.25) is 11.8 Å². The third kappa shape index (κ3) is 7.04. The molecule has 2 fully saturated rings. The van der Waals surface area contributed by atoms with E-state index in [4.69, 9.17) is 29.0 Å². The monoisotopic (exact) mass is 624 g/mol. The molecule has 0 spiro atoms. The Kier molecular flexibility index (Phi) is 10.5. The number of fused-ring (bicyclic) bond motifs is 2. The van der Waals surface area contributed by atoms with Crippen molar-refractivity contribution in [3.8, 4) is 11.6 Å². The van der Waals surface area contributed by atoms with Gasteiger partial charge in [-0.3, -0.25) is 4.79 Å². The highest BCUT2D eigenvalue weighted by Gasteiger charge is 2.33. The number of imidazole rings is 1. The van der Waals surface area contributed by atoms with Crippen LogP contribution in [-0.2, 0) is 18.8 Å². The van der Waals surface area contributed by atoms with Crippen LogP contribution in [0.4, 0.5) is 5.95 Å². The molecule has 44 heavy (non-hydrogen) atoms.